The van der Waals surface area contributed by atoms with E-state index in [4.69, 9.17) is 9.47 Å². The quantitative estimate of drug-likeness (QED) is 0.842. The number of carbonyl (C=O) groups excluding carboxylic acids is 1. The van der Waals surface area contributed by atoms with Gasteiger partial charge >= 0.3 is 6.03 Å². The molecule has 0 bridgehead atoms. The Kier molecular flexibility index (Phi) is 5.58. The van der Waals surface area contributed by atoms with Gasteiger partial charge in [-0.1, -0.05) is 19.9 Å². The zero-order valence-corrected chi connectivity index (χ0v) is 15.2. The number of amides is 2. The number of nitrogens with one attached hydrogen (secondary N) is 1. The summed E-state index contributed by atoms with van der Waals surface area (Å²) in [7, 11) is -0.143. The molecule has 2 amide bonds. The minimum atomic E-state index is -3.15. The molecule has 0 aromatic heterocycles. The second-order valence-corrected chi connectivity index (χ2v) is 8.55. The van der Waals surface area contributed by atoms with E-state index in [1.165, 1.54) is 19.1 Å². The first-order valence-corrected chi connectivity index (χ1v) is 9.48. The summed E-state index contributed by atoms with van der Waals surface area (Å²) < 4.78 is 34.7. The average molecular weight is 356 g/mol. The number of ether oxygens (including phenoxy) is 2. The summed E-state index contributed by atoms with van der Waals surface area (Å²) >= 11 is 0. The number of rotatable bonds is 6. The Hall–Kier alpha value is -1.96. The predicted octanol–water partition coefficient (Wildman–Crippen LogP) is 1.99. The van der Waals surface area contributed by atoms with Crippen LogP contribution in [0.4, 0.5) is 10.5 Å². The number of para-hydroxylation sites is 1. The molecule has 2 rings (SSSR count). The van der Waals surface area contributed by atoms with Crippen LogP contribution in [-0.4, -0.2) is 57.7 Å². The highest BCUT2D eigenvalue weighted by Gasteiger charge is 2.39. The molecule has 0 aliphatic carbocycles. The van der Waals surface area contributed by atoms with Crippen molar-refractivity contribution >= 4 is 21.6 Å². The molecule has 24 heavy (non-hydrogen) atoms. The molecule has 1 fully saturated rings. The summed E-state index contributed by atoms with van der Waals surface area (Å²) in [6, 6.07) is 4.82. The Labute approximate surface area is 142 Å². The summed E-state index contributed by atoms with van der Waals surface area (Å²) in [6.45, 7) is 4.17. The molecule has 1 aliphatic rings. The van der Waals surface area contributed by atoms with E-state index >= 15 is 0 Å². The van der Waals surface area contributed by atoms with Crippen LogP contribution < -0.4 is 14.8 Å². The first-order valence-electron chi connectivity index (χ1n) is 7.77. The summed E-state index contributed by atoms with van der Waals surface area (Å²) in [5, 5.41) is 2.26. The fourth-order valence-electron chi connectivity index (χ4n) is 2.61. The van der Waals surface area contributed by atoms with Crippen LogP contribution in [0.2, 0.25) is 0 Å². The van der Waals surface area contributed by atoms with E-state index in [1.54, 1.807) is 18.2 Å². The Morgan fingerprint density at radius 3 is 2.50 bits per heavy atom. The van der Waals surface area contributed by atoms with Crippen LogP contribution in [0, 0.1) is 5.92 Å². The molecule has 8 heteroatoms. The highest BCUT2D eigenvalue weighted by atomic mass is 32.2. The van der Waals surface area contributed by atoms with Crippen molar-refractivity contribution in [2.45, 2.75) is 19.1 Å². The van der Waals surface area contributed by atoms with Crippen molar-refractivity contribution < 1.29 is 22.7 Å². The minimum absolute atomic E-state index is 0.0823. The Morgan fingerprint density at radius 2 is 1.96 bits per heavy atom. The average Bonchev–Trinajstić information content (AvgIpc) is 2.43. The van der Waals surface area contributed by atoms with Gasteiger partial charge in [0.05, 0.1) is 30.9 Å². The van der Waals surface area contributed by atoms with Gasteiger partial charge in [-0.05, 0) is 18.1 Å². The smallest absolute Gasteiger partial charge is 0.322 e. The number of anilines is 1. The number of benzene rings is 1. The van der Waals surface area contributed by atoms with E-state index in [0.29, 0.717) is 17.2 Å². The van der Waals surface area contributed by atoms with Gasteiger partial charge in [0.1, 0.15) is 0 Å². The van der Waals surface area contributed by atoms with Gasteiger partial charge in [0.25, 0.3) is 0 Å². The molecule has 0 radical (unpaired) electrons. The third kappa shape index (κ3) is 3.92. The van der Waals surface area contributed by atoms with Crippen molar-refractivity contribution in [2.75, 3.05) is 38.4 Å². The van der Waals surface area contributed by atoms with Gasteiger partial charge in [0, 0.05) is 13.1 Å². The fourth-order valence-corrected chi connectivity index (χ4v) is 4.63. The van der Waals surface area contributed by atoms with Crippen molar-refractivity contribution in [3.05, 3.63) is 18.2 Å². The zero-order valence-electron chi connectivity index (χ0n) is 14.4. The van der Waals surface area contributed by atoms with E-state index in [9.17, 15) is 13.2 Å². The molecule has 134 valence electrons. The van der Waals surface area contributed by atoms with Crippen molar-refractivity contribution in [1.29, 1.82) is 0 Å². The van der Waals surface area contributed by atoms with Gasteiger partial charge < -0.3 is 19.7 Å². The van der Waals surface area contributed by atoms with Crippen molar-refractivity contribution in [3.63, 3.8) is 0 Å². The van der Waals surface area contributed by atoms with Crippen LogP contribution in [0.3, 0.4) is 0 Å². The molecular formula is C16H24N2O5S. The number of urea groups is 1. The first kappa shape index (κ1) is 18.4. The molecule has 0 unspecified atom stereocenters. The lowest BCUT2D eigenvalue weighted by atomic mass is 10.2. The van der Waals surface area contributed by atoms with Crippen LogP contribution in [0.15, 0.2) is 18.2 Å². The lowest BCUT2D eigenvalue weighted by Gasteiger charge is -2.38. The van der Waals surface area contributed by atoms with E-state index < -0.39 is 15.1 Å². The minimum Gasteiger partial charge on any atom is -0.493 e. The molecule has 1 aromatic carbocycles. The summed E-state index contributed by atoms with van der Waals surface area (Å²) in [5.74, 6) is 1.17. The standard InChI is InChI=1S/C16H24N2O5S/c1-11(2)10-24(20,21)12-8-18(9-12)16(19)17-13-6-5-7-14(22-3)15(13)23-4/h5-7,11-12H,8-10H2,1-4H3,(H,17,19). The van der Waals surface area contributed by atoms with Gasteiger partial charge in [0.15, 0.2) is 21.3 Å². The van der Waals surface area contributed by atoms with Gasteiger partial charge in [-0.2, -0.15) is 0 Å². The molecule has 1 aromatic rings. The van der Waals surface area contributed by atoms with E-state index in [-0.39, 0.29) is 30.8 Å². The third-order valence-corrected chi connectivity index (χ3v) is 6.30. The summed E-state index contributed by atoms with van der Waals surface area (Å²) in [6.07, 6.45) is 0. The van der Waals surface area contributed by atoms with E-state index in [0.717, 1.165) is 0 Å². The largest absolute Gasteiger partial charge is 0.493 e. The Bertz CT molecular complexity index is 696. The molecule has 0 spiro atoms. The second kappa shape index (κ2) is 7.29. The number of hydrogen-bond acceptors (Lipinski definition) is 5. The molecular weight excluding hydrogens is 332 g/mol. The Morgan fingerprint density at radius 1 is 1.29 bits per heavy atom. The number of nitrogens with zero attached hydrogens (tertiary/aromatic N) is 1. The number of methoxy groups -OCH3 is 2. The lowest BCUT2D eigenvalue weighted by molar-refractivity contribution is 0.182. The van der Waals surface area contributed by atoms with E-state index in [2.05, 4.69) is 5.32 Å². The maximum Gasteiger partial charge on any atom is 0.322 e. The number of sulfone groups is 1. The van der Waals surface area contributed by atoms with Gasteiger partial charge in [-0.3, -0.25) is 0 Å². The second-order valence-electron chi connectivity index (χ2n) is 6.22. The third-order valence-electron chi connectivity index (χ3n) is 3.85. The van der Waals surface area contributed by atoms with Crippen LogP contribution in [0.25, 0.3) is 0 Å². The maximum atomic E-state index is 12.3. The molecule has 1 saturated heterocycles. The normalized spacial score (nSPS) is 15.1. The Balaban J connectivity index is 1.99. The molecule has 1 aliphatic heterocycles. The SMILES string of the molecule is COc1cccc(NC(=O)N2CC(S(=O)(=O)CC(C)C)C2)c1OC. The van der Waals surface area contributed by atoms with Gasteiger partial charge in [-0.25, -0.2) is 13.2 Å². The first-order chi connectivity index (χ1) is 11.3. The molecule has 7 nitrogen and oxygen atoms in total. The predicted molar refractivity (Wildman–Crippen MR) is 92.6 cm³/mol. The highest BCUT2D eigenvalue weighted by Crippen LogP contribution is 2.35. The van der Waals surface area contributed by atoms with Gasteiger partial charge in [0.2, 0.25) is 0 Å². The van der Waals surface area contributed by atoms with Gasteiger partial charge in [-0.15, -0.1) is 0 Å². The molecule has 1 heterocycles. The maximum absolute atomic E-state index is 12.3. The fraction of sp³-hybridized carbons (Fsp3) is 0.562. The van der Waals surface area contributed by atoms with E-state index in [1.807, 2.05) is 13.8 Å². The summed E-state index contributed by atoms with van der Waals surface area (Å²) in [4.78, 5) is 13.8. The topological polar surface area (TPSA) is 84.9 Å². The number of likely N-dealkylation sites (tertiary alicyclic amines) is 1. The molecule has 0 saturated carbocycles. The van der Waals surface area contributed by atoms with Crippen LogP contribution in [-0.2, 0) is 9.84 Å². The highest BCUT2D eigenvalue weighted by molar-refractivity contribution is 7.92. The summed E-state index contributed by atoms with van der Waals surface area (Å²) in [5.41, 5.74) is 0.482. The zero-order chi connectivity index (χ0) is 17.9. The molecule has 0 atom stereocenters. The van der Waals surface area contributed by atoms with Crippen molar-refractivity contribution in [1.82, 2.24) is 4.90 Å². The lowest BCUT2D eigenvalue weighted by Crippen LogP contribution is -2.58. The van der Waals surface area contributed by atoms with Crippen molar-refractivity contribution in [3.8, 4) is 11.5 Å². The number of carbonyl (C=O) groups is 1. The van der Waals surface area contributed by atoms with Crippen molar-refractivity contribution in [2.24, 2.45) is 5.92 Å². The monoisotopic (exact) mass is 356 g/mol. The van der Waals surface area contributed by atoms with Crippen LogP contribution in [0.1, 0.15) is 13.8 Å². The van der Waals surface area contributed by atoms with Crippen LogP contribution in [0.5, 0.6) is 11.5 Å². The number of hydrogen-bond donors (Lipinski definition) is 1. The molecule has 1 N–H and O–H groups in total. The van der Waals surface area contributed by atoms with Crippen LogP contribution >= 0.6 is 0 Å².